The second kappa shape index (κ2) is 16.1. The molecule has 4 atom stereocenters. The Bertz CT molecular complexity index is 1750. The number of fused-ring (bicyclic) bond motifs is 3. The van der Waals surface area contributed by atoms with Crippen LogP contribution in [0, 0.1) is 17.8 Å². The van der Waals surface area contributed by atoms with E-state index in [0.29, 0.717) is 38.8 Å². The molecule has 2 heterocycles. The molecule has 0 radical (unpaired) electrons. The minimum absolute atomic E-state index is 0.104. The molecule has 6 rings (SSSR count). The molecule has 2 N–H and O–H groups in total. The van der Waals surface area contributed by atoms with Gasteiger partial charge in [-0.25, -0.2) is 0 Å². The lowest BCUT2D eigenvalue weighted by molar-refractivity contribution is -0.140. The molecule has 2 aliphatic heterocycles. The number of para-hydroxylation sites is 1. The summed E-state index contributed by atoms with van der Waals surface area (Å²) in [5.41, 5.74) is 4.02. The van der Waals surface area contributed by atoms with Gasteiger partial charge in [0.15, 0.2) is 0 Å². The average molecular weight is 720 g/mol. The van der Waals surface area contributed by atoms with Crippen molar-refractivity contribution < 1.29 is 28.8 Å². The van der Waals surface area contributed by atoms with E-state index in [1.807, 2.05) is 37.3 Å². The number of amides is 2. The second-order valence-corrected chi connectivity index (χ2v) is 20.1. The number of carbonyl (C=O) groups is 2. The van der Waals surface area contributed by atoms with Gasteiger partial charge in [0.05, 0.1) is 24.5 Å². The summed E-state index contributed by atoms with van der Waals surface area (Å²) in [5.74, 6) is -1.30. The van der Waals surface area contributed by atoms with Crippen LogP contribution < -0.4 is 10.4 Å². The molecule has 7 nitrogen and oxygen atoms in total. The largest absolute Gasteiger partial charge is 0.507 e. The fraction of sp³-hybridized carbons (Fsp3) is 0.442. The Morgan fingerprint density at radius 3 is 2.13 bits per heavy atom. The number of phenolic OH excluding ortho intramolecular Hbond substituents is 1. The van der Waals surface area contributed by atoms with Crippen LogP contribution in [-0.4, -0.2) is 61.5 Å². The van der Waals surface area contributed by atoms with Crippen LogP contribution in [0.4, 0.5) is 0 Å². The van der Waals surface area contributed by atoms with Gasteiger partial charge < -0.3 is 19.2 Å². The summed E-state index contributed by atoms with van der Waals surface area (Å²) in [5, 5.41) is 23.9. The van der Waals surface area contributed by atoms with Crippen LogP contribution in [0.2, 0.25) is 11.4 Å². The summed E-state index contributed by atoms with van der Waals surface area (Å²) in [6.45, 7) is 11.6. The summed E-state index contributed by atoms with van der Waals surface area (Å²) in [6.07, 6.45) is 6.13. The molecule has 2 fully saturated rings. The van der Waals surface area contributed by atoms with Crippen molar-refractivity contribution >= 4 is 43.7 Å². The first kappa shape index (κ1) is 38.0. The Morgan fingerprint density at radius 2 is 1.54 bits per heavy atom. The molecule has 2 amide bonds. The Morgan fingerprint density at radius 1 is 0.904 bits per heavy atom. The maximum absolute atomic E-state index is 14.0. The highest BCUT2D eigenvalue weighted by molar-refractivity contribution is 6.99. The Kier molecular flexibility index (Phi) is 11.8. The van der Waals surface area contributed by atoms with Crippen LogP contribution in [0.1, 0.15) is 78.7 Å². The molecule has 3 aliphatic rings. The highest BCUT2D eigenvalue weighted by atomic mass is 28.4. The van der Waals surface area contributed by atoms with Crippen LogP contribution in [0.15, 0.2) is 102 Å². The third-order valence-electron chi connectivity index (χ3n) is 11.3. The summed E-state index contributed by atoms with van der Waals surface area (Å²) < 4.78 is 13.9. The van der Waals surface area contributed by atoms with E-state index in [0.717, 1.165) is 29.6 Å². The number of aromatic hydroxyl groups is 1. The van der Waals surface area contributed by atoms with Crippen molar-refractivity contribution in [3.8, 4) is 5.75 Å². The molecule has 0 spiro atoms. The Balaban J connectivity index is 1.43. The SMILES string of the molecule is CCC/C(=C\c1ccccc1O)CC[C@H]1OB(O)C[C@H]2C1=C(CO[Si](c1ccccc1)(c1ccccc1)C(C)(C)C)C[C@H]1C(=O)N(CCC)C(=O)[C@H]12. The van der Waals surface area contributed by atoms with E-state index in [1.165, 1.54) is 20.8 Å². The summed E-state index contributed by atoms with van der Waals surface area (Å²) in [7, 11) is -3.98. The van der Waals surface area contributed by atoms with Crippen molar-refractivity contribution in [1.29, 1.82) is 0 Å². The van der Waals surface area contributed by atoms with Gasteiger partial charge in [0.2, 0.25) is 11.8 Å². The smallest absolute Gasteiger partial charge is 0.455 e. The molecule has 2 saturated heterocycles. The topological polar surface area (TPSA) is 96.3 Å². The van der Waals surface area contributed by atoms with E-state index in [-0.39, 0.29) is 34.8 Å². The van der Waals surface area contributed by atoms with Gasteiger partial charge >= 0.3 is 7.12 Å². The van der Waals surface area contributed by atoms with Crippen LogP contribution in [0.5, 0.6) is 5.75 Å². The number of imide groups is 1. The summed E-state index contributed by atoms with van der Waals surface area (Å²) in [4.78, 5) is 29.4. The molecular weight excluding hydrogens is 665 g/mol. The third-order valence-corrected chi connectivity index (χ3v) is 16.3. The second-order valence-electron chi connectivity index (χ2n) is 15.7. The lowest BCUT2D eigenvalue weighted by Gasteiger charge is -2.46. The number of nitrogens with zero attached hydrogens (tertiary/aromatic N) is 1. The van der Waals surface area contributed by atoms with E-state index in [9.17, 15) is 19.7 Å². The van der Waals surface area contributed by atoms with Crippen molar-refractivity contribution in [2.75, 3.05) is 13.2 Å². The quantitative estimate of drug-likeness (QED) is 0.111. The zero-order chi connectivity index (χ0) is 37.0. The van der Waals surface area contributed by atoms with Gasteiger partial charge in [0.1, 0.15) is 5.75 Å². The monoisotopic (exact) mass is 719 g/mol. The first-order valence-electron chi connectivity index (χ1n) is 19.1. The number of allylic oxidation sites excluding steroid dienone is 1. The van der Waals surface area contributed by atoms with Crippen molar-refractivity contribution in [3.05, 3.63) is 107 Å². The molecule has 0 saturated carbocycles. The molecule has 0 unspecified atom stereocenters. The minimum atomic E-state index is -2.93. The fourth-order valence-corrected chi connectivity index (χ4v) is 13.6. The van der Waals surface area contributed by atoms with Gasteiger partial charge in [-0.2, -0.15) is 0 Å². The number of rotatable bonds is 13. The van der Waals surface area contributed by atoms with Gasteiger partial charge in [0, 0.05) is 12.1 Å². The normalized spacial score (nSPS) is 22.5. The van der Waals surface area contributed by atoms with E-state index < -0.39 is 33.4 Å². The van der Waals surface area contributed by atoms with Crippen LogP contribution in [0.25, 0.3) is 6.08 Å². The molecule has 3 aromatic carbocycles. The number of carbonyl (C=O) groups excluding carboxylic acids is 2. The van der Waals surface area contributed by atoms with Crippen molar-refractivity contribution in [2.24, 2.45) is 17.8 Å². The standard InChI is InChI=1S/C43H54BNO6Si/c1-6-16-30(26-31-17-14-15-22-37(31)46)23-24-38-39-32(27-35-40(36(39)28-44(49)51-38)42(48)45(25-7-2)41(35)47)29-50-52(43(3,4)5,33-18-10-8-11-19-33)34-20-12-9-13-21-34/h8-15,17-22,26,35-36,38,40,46,49H,6-7,16,23-25,27-29H2,1-5H3/b30-26+/t35-,36+,38-,40-/m1/s1. The molecule has 9 heteroatoms. The van der Waals surface area contributed by atoms with Crippen molar-refractivity contribution in [1.82, 2.24) is 4.90 Å². The van der Waals surface area contributed by atoms with E-state index >= 15 is 0 Å². The number of hydrogen-bond donors (Lipinski definition) is 2. The predicted octanol–water partition coefficient (Wildman–Crippen LogP) is 7.14. The molecule has 1 aliphatic carbocycles. The molecule has 3 aromatic rings. The maximum Gasteiger partial charge on any atom is 0.455 e. The van der Waals surface area contributed by atoms with Gasteiger partial charge in [-0.05, 0) is 77.0 Å². The van der Waals surface area contributed by atoms with E-state index in [4.69, 9.17) is 9.08 Å². The zero-order valence-corrected chi connectivity index (χ0v) is 32.4. The first-order chi connectivity index (χ1) is 25.0. The number of hydrogen-bond acceptors (Lipinski definition) is 6. The zero-order valence-electron chi connectivity index (χ0n) is 31.4. The predicted molar refractivity (Wildman–Crippen MR) is 211 cm³/mol. The van der Waals surface area contributed by atoms with Gasteiger partial charge in [-0.1, -0.05) is 132 Å². The van der Waals surface area contributed by atoms with Gasteiger partial charge in [-0.3, -0.25) is 14.5 Å². The highest BCUT2D eigenvalue weighted by Crippen LogP contribution is 2.51. The minimum Gasteiger partial charge on any atom is -0.507 e. The van der Waals surface area contributed by atoms with E-state index in [1.54, 1.807) is 6.07 Å². The first-order valence-corrected chi connectivity index (χ1v) is 21.0. The van der Waals surface area contributed by atoms with Crippen molar-refractivity contribution in [3.63, 3.8) is 0 Å². The molecule has 274 valence electrons. The van der Waals surface area contributed by atoms with Crippen LogP contribution >= 0.6 is 0 Å². The van der Waals surface area contributed by atoms with Gasteiger partial charge in [-0.15, -0.1) is 0 Å². The summed E-state index contributed by atoms with van der Waals surface area (Å²) in [6, 6.07) is 28.4. The number of likely N-dealkylation sites (tertiary alicyclic amines) is 1. The summed E-state index contributed by atoms with van der Waals surface area (Å²) >= 11 is 0. The Labute approximate surface area is 311 Å². The molecular formula is C43H54BNO6Si. The lowest BCUT2D eigenvalue weighted by atomic mass is 9.58. The number of benzene rings is 3. The third kappa shape index (κ3) is 7.38. The van der Waals surface area contributed by atoms with Crippen molar-refractivity contribution in [2.45, 2.75) is 90.6 Å². The lowest BCUT2D eigenvalue weighted by Crippen LogP contribution is -2.66. The highest BCUT2D eigenvalue weighted by Gasteiger charge is 2.58. The average Bonchev–Trinajstić information content (AvgIpc) is 3.36. The number of phenols is 1. The van der Waals surface area contributed by atoms with Crippen LogP contribution in [0.3, 0.4) is 0 Å². The Hall–Kier alpha value is -3.76. The molecule has 0 bridgehead atoms. The fourth-order valence-electron chi connectivity index (χ4n) is 9.10. The maximum atomic E-state index is 14.0. The molecule has 52 heavy (non-hydrogen) atoms. The van der Waals surface area contributed by atoms with E-state index in [2.05, 4.69) is 82.3 Å². The molecule has 0 aromatic heterocycles. The van der Waals surface area contributed by atoms with Gasteiger partial charge in [0.25, 0.3) is 8.32 Å². The van der Waals surface area contributed by atoms with Crippen LogP contribution in [-0.2, 0) is 18.7 Å².